The van der Waals surface area contributed by atoms with Crippen molar-refractivity contribution in [2.75, 3.05) is 0 Å². The van der Waals surface area contributed by atoms with E-state index >= 15 is 0 Å². The summed E-state index contributed by atoms with van der Waals surface area (Å²) < 4.78 is 13.4. The van der Waals surface area contributed by atoms with Crippen LogP contribution in [0.5, 0.6) is 0 Å². The van der Waals surface area contributed by atoms with Crippen LogP contribution in [0.25, 0.3) is 0 Å². The van der Waals surface area contributed by atoms with Crippen molar-refractivity contribution in [1.29, 1.82) is 0 Å². The first-order valence-corrected chi connectivity index (χ1v) is 4.52. The molecule has 1 amide bonds. The first-order chi connectivity index (χ1) is 6.11. The molecule has 2 aliphatic rings. The van der Waals surface area contributed by atoms with Crippen LogP contribution in [0.3, 0.4) is 0 Å². The Balaban J connectivity index is 2.21. The highest BCUT2D eigenvalue weighted by molar-refractivity contribution is 5.66. The molecule has 2 heterocycles. The van der Waals surface area contributed by atoms with Crippen LogP contribution in [0.15, 0.2) is 0 Å². The maximum atomic E-state index is 13.4. The van der Waals surface area contributed by atoms with Crippen LogP contribution < -0.4 is 5.73 Å². The highest BCUT2D eigenvalue weighted by Crippen LogP contribution is 2.36. The van der Waals surface area contributed by atoms with Crippen LogP contribution in [-0.2, 0) is 0 Å². The molecule has 0 radical (unpaired) electrons. The fraction of sp³-hybridized carbons (Fsp3) is 0.875. The molecular formula is C8H13FN2O2. The zero-order valence-corrected chi connectivity index (χ0v) is 7.19. The van der Waals surface area contributed by atoms with Gasteiger partial charge in [0.15, 0.2) is 0 Å². The van der Waals surface area contributed by atoms with Gasteiger partial charge >= 0.3 is 6.09 Å². The number of amides is 1. The van der Waals surface area contributed by atoms with E-state index in [9.17, 15) is 9.18 Å². The number of hydrogen-bond acceptors (Lipinski definition) is 2. The predicted octanol–water partition coefficient (Wildman–Crippen LogP) is 0.567. The van der Waals surface area contributed by atoms with Gasteiger partial charge in [-0.1, -0.05) is 0 Å². The number of nitrogens with two attached hydrogens (primary N) is 1. The molecule has 0 aromatic carbocycles. The Bertz CT molecular complexity index is 236. The van der Waals surface area contributed by atoms with Crippen LogP contribution in [0, 0.1) is 0 Å². The van der Waals surface area contributed by atoms with Crippen molar-refractivity contribution in [3.63, 3.8) is 0 Å². The molecule has 0 saturated carbocycles. The van der Waals surface area contributed by atoms with Gasteiger partial charge in [0.05, 0.1) is 6.04 Å². The lowest BCUT2D eigenvalue weighted by atomic mass is 9.97. The normalized spacial score (nSPS) is 43.7. The molecule has 2 fully saturated rings. The Labute approximate surface area is 75.5 Å². The van der Waals surface area contributed by atoms with Gasteiger partial charge < -0.3 is 10.8 Å². The minimum Gasteiger partial charge on any atom is -0.465 e. The number of halogens is 1. The van der Waals surface area contributed by atoms with E-state index in [4.69, 9.17) is 10.8 Å². The number of fused-ring (bicyclic) bond motifs is 2. The van der Waals surface area contributed by atoms with Gasteiger partial charge in [-0.05, 0) is 19.3 Å². The predicted molar refractivity (Wildman–Crippen MR) is 44.2 cm³/mol. The van der Waals surface area contributed by atoms with Crippen molar-refractivity contribution < 1.29 is 14.3 Å². The average molecular weight is 188 g/mol. The first-order valence-electron chi connectivity index (χ1n) is 4.52. The maximum Gasteiger partial charge on any atom is 0.407 e. The Morgan fingerprint density at radius 1 is 1.54 bits per heavy atom. The zero-order chi connectivity index (χ0) is 9.59. The number of hydrogen-bond donors (Lipinski definition) is 2. The van der Waals surface area contributed by atoms with E-state index in [0.29, 0.717) is 12.8 Å². The van der Waals surface area contributed by atoms with Gasteiger partial charge in [0.2, 0.25) is 0 Å². The van der Waals surface area contributed by atoms with Gasteiger partial charge in [0, 0.05) is 12.1 Å². The number of carbonyl (C=O) groups is 1. The lowest BCUT2D eigenvalue weighted by molar-refractivity contribution is 0.0503. The lowest BCUT2D eigenvalue weighted by Crippen LogP contribution is -2.56. The van der Waals surface area contributed by atoms with Gasteiger partial charge in [-0.2, -0.15) is 0 Å². The molecule has 0 aromatic heterocycles. The van der Waals surface area contributed by atoms with E-state index in [1.54, 1.807) is 0 Å². The third kappa shape index (κ3) is 1.18. The third-order valence-electron chi connectivity index (χ3n) is 3.09. The monoisotopic (exact) mass is 188 g/mol. The van der Waals surface area contributed by atoms with Crippen LogP contribution in [0.1, 0.15) is 19.3 Å². The second-order valence-electron chi connectivity index (χ2n) is 3.83. The number of carboxylic acid groups (broad SMARTS) is 1. The molecular weight excluding hydrogens is 175 g/mol. The Morgan fingerprint density at radius 2 is 2.23 bits per heavy atom. The summed E-state index contributed by atoms with van der Waals surface area (Å²) in [7, 11) is 0. The summed E-state index contributed by atoms with van der Waals surface area (Å²) in [6.07, 6.45) is -0.363. The second kappa shape index (κ2) is 2.83. The van der Waals surface area contributed by atoms with Crippen molar-refractivity contribution in [3.8, 4) is 0 Å². The lowest BCUT2D eigenvalue weighted by Gasteiger charge is -2.38. The number of rotatable bonds is 0. The van der Waals surface area contributed by atoms with Gasteiger partial charge in [0.25, 0.3) is 0 Å². The molecule has 1 unspecified atom stereocenters. The van der Waals surface area contributed by atoms with Crippen LogP contribution >= 0.6 is 0 Å². The standard InChI is InChI=1S/C8H13FN2O2/c9-7-5(10)3-4-1-2-6(7)11(4)8(12)13/h4-7H,1-3,10H2,(H,12,13)/t4?,5-,6+,7-/m1/s1. The molecule has 2 bridgehead atoms. The molecule has 4 nitrogen and oxygen atoms in total. The van der Waals surface area contributed by atoms with E-state index < -0.39 is 24.3 Å². The molecule has 2 rings (SSSR count). The fourth-order valence-corrected chi connectivity index (χ4v) is 2.48. The summed E-state index contributed by atoms with van der Waals surface area (Å²) in [5, 5.41) is 8.84. The summed E-state index contributed by atoms with van der Waals surface area (Å²) in [6.45, 7) is 0. The number of nitrogens with zero attached hydrogens (tertiary/aromatic N) is 1. The number of piperidine rings is 1. The summed E-state index contributed by atoms with van der Waals surface area (Å²) in [4.78, 5) is 12.0. The van der Waals surface area contributed by atoms with Gasteiger partial charge in [-0.15, -0.1) is 0 Å². The molecule has 13 heavy (non-hydrogen) atoms. The highest BCUT2D eigenvalue weighted by Gasteiger charge is 2.48. The van der Waals surface area contributed by atoms with Gasteiger partial charge in [-0.25, -0.2) is 9.18 Å². The SMILES string of the molecule is N[C@@H]1CC2CC[C@@H]([C@@H]1F)N2C(=O)O. The summed E-state index contributed by atoms with van der Waals surface area (Å²) in [6, 6.07) is -1.02. The summed E-state index contributed by atoms with van der Waals surface area (Å²) in [5.74, 6) is 0. The van der Waals surface area contributed by atoms with Crippen molar-refractivity contribution >= 4 is 6.09 Å². The molecule has 5 heteroatoms. The van der Waals surface area contributed by atoms with Crippen molar-refractivity contribution in [1.82, 2.24) is 4.90 Å². The topological polar surface area (TPSA) is 66.6 Å². The van der Waals surface area contributed by atoms with Gasteiger partial charge in [-0.3, -0.25) is 4.90 Å². The third-order valence-corrected chi connectivity index (χ3v) is 3.09. The van der Waals surface area contributed by atoms with E-state index in [-0.39, 0.29) is 6.04 Å². The highest BCUT2D eigenvalue weighted by atomic mass is 19.1. The fourth-order valence-electron chi connectivity index (χ4n) is 2.48. The summed E-state index contributed by atoms with van der Waals surface area (Å²) in [5.41, 5.74) is 5.57. The minimum absolute atomic E-state index is 0.0514. The molecule has 0 aliphatic carbocycles. The quantitative estimate of drug-likeness (QED) is 0.584. The molecule has 4 atom stereocenters. The van der Waals surface area contributed by atoms with E-state index in [2.05, 4.69) is 0 Å². The minimum atomic E-state index is -1.19. The molecule has 0 aromatic rings. The molecule has 3 N–H and O–H groups in total. The Morgan fingerprint density at radius 3 is 2.85 bits per heavy atom. The molecule has 2 saturated heterocycles. The maximum absolute atomic E-state index is 13.4. The van der Waals surface area contributed by atoms with Crippen molar-refractivity contribution in [3.05, 3.63) is 0 Å². The van der Waals surface area contributed by atoms with E-state index in [0.717, 1.165) is 6.42 Å². The largest absolute Gasteiger partial charge is 0.465 e. The van der Waals surface area contributed by atoms with Crippen molar-refractivity contribution in [2.45, 2.75) is 43.6 Å². The smallest absolute Gasteiger partial charge is 0.407 e. The Kier molecular flexibility index (Phi) is 1.91. The van der Waals surface area contributed by atoms with Gasteiger partial charge in [0.1, 0.15) is 6.17 Å². The van der Waals surface area contributed by atoms with Crippen LogP contribution in [0.2, 0.25) is 0 Å². The summed E-state index contributed by atoms with van der Waals surface area (Å²) >= 11 is 0. The molecule has 0 spiro atoms. The van der Waals surface area contributed by atoms with Crippen LogP contribution in [-0.4, -0.2) is 40.4 Å². The molecule has 74 valence electrons. The second-order valence-corrected chi connectivity index (χ2v) is 3.83. The van der Waals surface area contributed by atoms with E-state index in [1.807, 2.05) is 0 Å². The Hall–Kier alpha value is -0.840. The van der Waals surface area contributed by atoms with Crippen molar-refractivity contribution in [2.24, 2.45) is 5.73 Å². The van der Waals surface area contributed by atoms with Crippen LogP contribution in [0.4, 0.5) is 9.18 Å². The zero-order valence-electron chi connectivity index (χ0n) is 7.19. The first kappa shape index (κ1) is 8.74. The molecule has 2 aliphatic heterocycles. The van der Waals surface area contributed by atoms with E-state index in [1.165, 1.54) is 4.90 Å². The average Bonchev–Trinajstić information content (AvgIpc) is 2.40. The number of alkyl halides is 1.